The van der Waals surface area contributed by atoms with Crippen LogP contribution >= 0.6 is 0 Å². The molecule has 0 spiro atoms. The van der Waals surface area contributed by atoms with Crippen LogP contribution in [-0.2, 0) is 6.54 Å². The lowest BCUT2D eigenvalue weighted by Gasteiger charge is -2.29. The van der Waals surface area contributed by atoms with E-state index in [4.69, 9.17) is 9.84 Å². The van der Waals surface area contributed by atoms with Gasteiger partial charge in [-0.1, -0.05) is 24.3 Å². The molecular weight excluding hydrogens is 380 g/mol. The summed E-state index contributed by atoms with van der Waals surface area (Å²) in [5, 5.41) is 14.9. The van der Waals surface area contributed by atoms with Crippen LogP contribution in [0.2, 0.25) is 0 Å². The van der Waals surface area contributed by atoms with Crippen LogP contribution in [0.5, 0.6) is 5.75 Å². The van der Waals surface area contributed by atoms with E-state index in [0.29, 0.717) is 30.6 Å². The van der Waals surface area contributed by atoms with Gasteiger partial charge in [0, 0.05) is 30.3 Å². The highest BCUT2D eigenvalue weighted by Crippen LogP contribution is 2.29. The van der Waals surface area contributed by atoms with Crippen molar-refractivity contribution in [3.05, 3.63) is 53.6 Å². The van der Waals surface area contributed by atoms with E-state index in [1.165, 1.54) is 0 Å². The molecule has 3 rings (SSSR count). The Hall–Kier alpha value is -2.86. The molecule has 0 bridgehead atoms. The molecule has 160 valence electrons. The molecule has 6 nitrogen and oxygen atoms in total. The van der Waals surface area contributed by atoms with E-state index >= 15 is 0 Å². The molecule has 0 radical (unpaired) electrons. The van der Waals surface area contributed by atoms with E-state index in [0.717, 1.165) is 48.1 Å². The number of rotatable bonds is 8. The molecule has 0 unspecified atom stereocenters. The largest absolute Gasteiger partial charge is 0.496 e. The first-order valence-corrected chi connectivity index (χ1v) is 10.4. The van der Waals surface area contributed by atoms with Gasteiger partial charge in [-0.05, 0) is 67.9 Å². The zero-order chi connectivity index (χ0) is 21.5. The van der Waals surface area contributed by atoms with Gasteiger partial charge in [0.05, 0.1) is 7.11 Å². The quantitative estimate of drug-likeness (QED) is 0.559. The Bertz CT molecular complexity index is 889. The van der Waals surface area contributed by atoms with Gasteiger partial charge in [0.1, 0.15) is 5.75 Å². The molecule has 0 aliphatic heterocycles. The van der Waals surface area contributed by atoms with E-state index in [9.17, 15) is 9.59 Å². The number of amides is 1. The summed E-state index contributed by atoms with van der Waals surface area (Å²) >= 11 is 0. The number of nitrogens with one attached hydrogen (secondary N) is 2. The molecule has 30 heavy (non-hydrogen) atoms. The van der Waals surface area contributed by atoms with Crippen molar-refractivity contribution in [3.8, 4) is 16.9 Å². The van der Waals surface area contributed by atoms with Crippen LogP contribution in [-0.4, -0.2) is 36.7 Å². The predicted octanol–water partition coefficient (Wildman–Crippen LogP) is 4.48. The third-order valence-electron chi connectivity index (χ3n) is 5.85. The minimum absolute atomic E-state index is 0.0569. The molecule has 0 atom stereocenters. The molecule has 2 aromatic rings. The fourth-order valence-electron chi connectivity index (χ4n) is 4.07. The van der Waals surface area contributed by atoms with Crippen molar-refractivity contribution in [1.29, 1.82) is 0 Å². The number of Topliss-reactive ketones (excluding diaryl/α,β-unsaturated/α-hetero) is 1. The molecule has 1 fully saturated rings. The second kappa shape index (κ2) is 10.3. The second-order valence-electron chi connectivity index (χ2n) is 7.95. The van der Waals surface area contributed by atoms with Crippen molar-refractivity contribution in [3.63, 3.8) is 0 Å². The van der Waals surface area contributed by atoms with Crippen molar-refractivity contribution in [2.24, 2.45) is 5.92 Å². The van der Waals surface area contributed by atoms with Crippen LogP contribution in [0, 0.1) is 5.92 Å². The topological polar surface area (TPSA) is 87.7 Å². The Balaban J connectivity index is 1.63. The Kier molecular flexibility index (Phi) is 7.46. The molecule has 0 heterocycles. The molecule has 0 aromatic heterocycles. The van der Waals surface area contributed by atoms with Gasteiger partial charge in [-0.3, -0.25) is 4.79 Å². The number of ether oxygens (including phenoxy) is 1. The highest BCUT2D eigenvalue weighted by Gasteiger charge is 2.21. The third kappa shape index (κ3) is 5.83. The first-order valence-electron chi connectivity index (χ1n) is 10.4. The maximum absolute atomic E-state index is 11.7. The average Bonchev–Trinajstić information content (AvgIpc) is 2.76. The van der Waals surface area contributed by atoms with Crippen LogP contribution in [0.3, 0.4) is 0 Å². The molecule has 1 aliphatic carbocycles. The van der Waals surface area contributed by atoms with Crippen molar-refractivity contribution >= 4 is 11.9 Å². The van der Waals surface area contributed by atoms with Gasteiger partial charge in [0.2, 0.25) is 0 Å². The van der Waals surface area contributed by atoms with Crippen LogP contribution in [0.1, 0.15) is 48.5 Å². The fraction of sp³-hybridized carbons (Fsp3) is 0.417. The van der Waals surface area contributed by atoms with Crippen molar-refractivity contribution in [1.82, 2.24) is 10.6 Å². The molecule has 0 saturated heterocycles. The van der Waals surface area contributed by atoms with Gasteiger partial charge >= 0.3 is 6.09 Å². The average molecular weight is 411 g/mol. The first-order chi connectivity index (χ1) is 14.5. The lowest BCUT2D eigenvalue weighted by atomic mass is 9.86. The molecule has 6 heteroatoms. The SMILES string of the molecule is COc1ccc(-c2cccc(C(C)=O)c2)cc1CNC1CCC(CNC(=O)O)CC1. The lowest BCUT2D eigenvalue weighted by molar-refractivity contribution is 0.101. The van der Waals surface area contributed by atoms with Crippen molar-refractivity contribution < 1.29 is 19.4 Å². The highest BCUT2D eigenvalue weighted by atomic mass is 16.5. The van der Waals surface area contributed by atoms with Crippen LogP contribution in [0.4, 0.5) is 4.79 Å². The Morgan fingerprint density at radius 2 is 1.80 bits per heavy atom. The van der Waals surface area contributed by atoms with Gasteiger partial charge in [0.15, 0.2) is 5.78 Å². The number of hydrogen-bond donors (Lipinski definition) is 3. The lowest BCUT2D eigenvalue weighted by Crippen LogP contribution is -2.36. The summed E-state index contributed by atoms with van der Waals surface area (Å²) in [6.07, 6.45) is 3.17. The normalized spacial score (nSPS) is 18.6. The standard InChI is InChI=1S/C24H30N2O4/c1-16(27)18-4-3-5-19(12-18)20-8-11-23(30-2)21(13-20)15-25-22-9-6-17(7-10-22)14-26-24(28)29/h3-5,8,11-13,17,22,25-26H,6-7,9-10,14-15H2,1-2H3,(H,28,29). The zero-order valence-corrected chi connectivity index (χ0v) is 17.6. The molecule has 1 aliphatic rings. The monoisotopic (exact) mass is 410 g/mol. The summed E-state index contributed by atoms with van der Waals surface area (Å²) < 4.78 is 5.55. The van der Waals surface area contributed by atoms with Crippen molar-refractivity contribution in [2.75, 3.05) is 13.7 Å². The van der Waals surface area contributed by atoms with E-state index in [2.05, 4.69) is 16.7 Å². The maximum atomic E-state index is 11.7. The number of ketones is 1. The summed E-state index contributed by atoms with van der Waals surface area (Å²) in [6.45, 7) is 2.82. The number of carbonyl (C=O) groups is 2. The number of hydrogen-bond acceptors (Lipinski definition) is 4. The summed E-state index contributed by atoms with van der Waals surface area (Å²) in [6, 6.07) is 14.2. The van der Waals surface area contributed by atoms with E-state index in [1.54, 1.807) is 14.0 Å². The van der Waals surface area contributed by atoms with E-state index < -0.39 is 6.09 Å². The molecule has 3 N–H and O–H groups in total. The number of methoxy groups -OCH3 is 1. The smallest absolute Gasteiger partial charge is 0.404 e. The molecular formula is C24H30N2O4. The minimum atomic E-state index is -0.948. The van der Waals surface area contributed by atoms with E-state index in [1.807, 2.05) is 36.4 Å². The molecule has 1 amide bonds. The number of benzene rings is 2. The minimum Gasteiger partial charge on any atom is -0.496 e. The Morgan fingerprint density at radius 3 is 2.47 bits per heavy atom. The number of carbonyl (C=O) groups excluding carboxylic acids is 1. The Morgan fingerprint density at radius 1 is 1.07 bits per heavy atom. The fourth-order valence-corrected chi connectivity index (χ4v) is 4.07. The van der Waals surface area contributed by atoms with Gasteiger partial charge < -0.3 is 20.5 Å². The van der Waals surface area contributed by atoms with Crippen LogP contribution in [0.15, 0.2) is 42.5 Å². The van der Waals surface area contributed by atoms with Gasteiger partial charge in [-0.25, -0.2) is 4.79 Å². The summed E-state index contributed by atoms with van der Waals surface area (Å²) in [5.41, 5.74) is 3.85. The molecule has 2 aromatic carbocycles. The molecule has 1 saturated carbocycles. The number of carboxylic acid groups (broad SMARTS) is 1. The van der Waals surface area contributed by atoms with Gasteiger partial charge in [0.25, 0.3) is 0 Å². The summed E-state index contributed by atoms with van der Waals surface area (Å²) in [4.78, 5) is 22.4. The third-order valence-corrected chi connectivity index (χ3v) is 5.85. The maximum Gasteiger partial charge on any atom is 0.404 e. The zero-order valence-electron chi connectivity index (χ0n) is 17.6. The van der Waals surface area contributed by atoms with Crippen molar-refractivity contribution in [2.45, 2.75) is 45.2 Å². The second-order valence-corrected chi connectivity index (χ2v) is 7.95. The summed E-state index contributed by atoms with van der Waals surface area (Å²) in [5.74, 6) is 1.32. The van der Waals surface area contributed by atoms with Gasteiger partial charge in [-0.2, -0.15) is 0 Å². The van der Waals surface area contributed by atoms with Gasteiger partial charge in [-0.15, -0.1) is 0 Å². The van der Waals surface area contributed by atoms with Crippen LogP contribution in [0.25, 0.3) is 11.1 Å². The first kappa shape index (κ1) is 21.8. The predicted molar refractivity (Wildman–Crippen MR) is 117 cm³/mol. The van der Waals surface area contributed by atoms with Crippen LogP contribution < -0.4 is 15.4 Å². The van der Waals surface area contributed by atoms with E-state index in [-0.39, 0.29) is 5.78 Å². The highest BCUT2D eigenvalue weighted by molar-refractivity contribution is 5.95. The summed E-state index contributed by atoms with van der Waals surface area (Å²) in [7, 11) is 1.68. The Labute approximate surface area is 177 Å².